The van der Waals surface area contributed by atoms with E-state index in [0.29, 0.717) is 5.41 Å². The maximum atomic E-state index is 5.13. The lowest BCUT2D eigenvalue weighted by Crippen LogP contribution is -2.35. The highest BCUT2D eigenvalue weighted by Crippen LogP contribution is 2.61. The molecular weight excluding hydrogens is 268 g/mol. The van der Waals surface area contributed by atoms with Crippen LogP contribution in [0.2, 0.25) is 0 Å². The van der Waals surface area contributed by atoms with Crippen LogP contribution in [-0.4, -0.2) is 31.8 Å². The third-order valence-electron chi connectivity index (χ3n) is 5.17. The van der Waals surface area contributed by atoms with Gasteiger partial charge in [0.1, 0.15) is 0 Å². The summed E-state index contributed by atoms with van der Waals surface area (Å²) in [6, 6.07) is 0. The summed E-state index contributed by atoms with van der Waals surface area (Å²) in [5, 5.41) is 3.62. The van der Waals surface area contributed by atoms with Crippen LogP contribution < -0.4 is 5.32 Å². The molecule has 2 saturated carbocycles. The minimum Gasteiger partial charge on any atom is -0.383 e. The number of methoxy groups -OCH3 is 1. The quantitative estimate of drug-likeness (QED) is 0.748. The molecule has 1 aromatic heterocycles. The molecule has 2 aliphatic carbocycles. The number of nitrogens with one attached hydrogen (secondary N) is 1. The summed E-state index contributed by atoms with van der Waals surface area (Å²) in [5.41, 5.74) is 3.76. The molecule has 0 aromatic carbocycles. The molecule has 0 saturated heterocycles. The second-order valence-electron chi connectivity index (χ2n) is 6.69. The number of fused-ring (bicyclic) bond motifs is 1. The average molecular weight is 294 g/mol. The van der Waals surface area contributed by atoms with Crippen LogP contribution in [0.15, 0.2) is 5.51 Å². The van der Waals surface area contributed by atoms with E-state index >= 15 is 0 Å². The van der Waals surface area contributed by atoms with Crippen LogP contribution in [0.25, 0.3) is 0 Å². The average Bonchev–Trinajstić information content (AvgIpc) is 2.86. The third kappa shape index (κ3) is 3.23. The standard InChI is InChI=1S/C16H26N2OS/c1-12-15(20-11-18-12)3-4-16(10-17-5-6-19-2)8-13-7-14(13)9-16/h11,13-14,17H,3-10H2,1-2H3. The van der Waals surface area contributed by atoms with Crippen LogP contribution >= 0.6 is 11.3 Å². The molecule has 1 aromatic rings. The van der Waals surface area contributed by atoms with Crippen molar-refractivity contribution in [2.45, 2.75) is 39.0 Å². The van der Waals surface area contributed by atoms with E-state index in [4.69, 9.17) is 4.74 Å². The maximum Gasteiger partial charge on any atom is 0.0797 e. The largest absolute Gasteiger partial charge is 0.383 e. The monoisotopic (exact) mass is 294 g/mol. The zero-order valence-electron chi connectivity index (χ0n) is 12.7. The van der Waals surface area contributed by atoms with E-state index in [2.05, 4.69) is 17.2 Å². The smallest absolute Gasteiger partial charge is 0.0797 e. The van der Waals surface area contributed by atoms with Crippen molar-refractivity contribution < 1.29 is 4.74 Å². The molecule has 4 heteroatoms. The first-order chi connectivity index (χ1) is 9.72. The summed E-state index contributed by atoms with van der Waals surface area (Å²) >= 11 is 1.82. The summed E-state index contributed by atoms with van der Waals surface area (Å²) in [6.45, 7) is 5.10. The Hall–Kier alpha value is -0.450. The number of hydrogen-bond acceptors (Lipinski definition) is 4. The van der Waals surface area contributed by atoms with Gasteiger partial charge >= 0.3 is 0 Å². The summed E-state index contributed by atoms with van der Waals surface area (Å²) < 4.78 is 5.13. The second-order valence-corrected chi connectivity index (χ2v) is 7.63. The summed E-state index contributed by atoms with van der Waals surface area (Å²) in [4.78, 5) is 5.87. The Kier molecular flexibility index (Phi) is 4.43. The Morgan fingerprint density at radius 2 is 2.25 bits per heavy atom. The van der Waals surface area contributed by atoms with Gasteiger partial charge in [-0.05, 0) is 56.3 Å². The van der Waals surface area contributed by atoms with Crippen molar-refractivity contribution in [3.05, 3.63) is 16.1 Å². The first kappa shape index (κ1) is 14.5. The summed E-state index contributed by atoms with van der Waals surface area (Å²) in [7, 11) is 1.77. The van der Waals surface area contributed by atoms with Crippen LogP contribution in [0.3, 0.4) is 0 Å². The van der Waals surface area contributed by atoms with Crippen LogP contribution in [0, 0.1) is 24.2 Å². The third-order valence-corrected chi connectivity index (χ3v) is 6.16. The molecule has 2 fully saturated rings. The van der Waals surface area contributed by atoms with Crippen molar-refractivity contribution in [1.82, 2.24) is 10.3 Å². The van der Waals surface area contributed by atoms with E-state index in [1.165, 1.54) is 49.2 Å². The van der Waals surface area contributed by atoms with E-state index in [9.17, 15) is 0 Å². The van der Waals surface area contributed by atoms with E-state index in [-0.39, 0.29) is 0 Å². The summed E-state index contributed by atoms with van der Waals surface area (Å²) in [6.07, 6.45) is 6.91. The first-order valence-electron chi connectivity index (χ1n) is 7.81. The van der Waals surface area contributed by atoms with Crippen molar-refractivity contribution in [2.75, 3.05) is 26.8 Å². The fourth-order valence-corrected chi connectivity index (χ4v) is 4.70. The second kappa shape index (κ2) is 6.12. The Morgan fingerprint density at radius 1 is 1.45 bits per heavy atom. The van der Waals surface area contributed by atoms with Gasteiger partial charge in [-0.3, -0.25) is 0 Å². The minimum absolute atomic E-state index is 0.539. The molecule has 1 heterocycles. The lowest BCUT2D eigenvalue weighted by atomic mass is 9.78. The number of thiazole rings is 1. The predicted octanol–water partition coefficient (Wildman–Crippen LogP) is 3.04. The van der Waals surface area contributed by atoms with Gasteiger partial charge in [-0.25, -0.2) is 4.98 Å². The number of aromatic nitrogens is 1. The van der Waals surface area contributed by atoms with E-state index < -0.39 is 0 Å². The molecule has 0 bridgehead atoms. The van der Waals surface area contributed by atoms with Gasteiger partial charge in [-0.2, -0.15) is 0 Å². The molecule has 20 heavy (non-hydrogen) atoms. The molecule has 2 atom stereocenters. The normalized spacial score (nSPS) is 31.5. The lowest BCUT2D eigenvalue weighted by Gasteiger charge is -2.31. The summed E-state index contributed by atoms with van der Waals surface area (Å²) in [5.74, 6) is 2.09. The van der Waals surface area contributed by atoms with Gasteiger partial charge in [0.05, 0.1) is 17.8 Å². The Balaban J connectivity index is 1.54. The van der Waals surface area contributed by atoms with Gasteiger partial charge in [0.2, 0.25) is 0 Å². The van der Waals surface area contributed by atoms with Crippen molar-refractivity contribution >= 4 is 11.3 Å². The molecule has 2 aliphatic rings. The highest BCUT2D eigenvalue weighted by molar-refractivity contribution is 7.09. The molecule has 3 nitrogen and oxygen atoms in total. The van der Waals surface area contributed by atoms with Crippen molar-refractivity contribution in [2.24, 2.45) is 17.3 Å². The molecule has 2 unspecified atom stereocenters. The topological polar surface area (TPSA) is 34.1 Å². The fourth-order valence-electron chi connectivity index (χ4n) is 3.92. The zero-order valence-corrected chi connectivity index (χ0v) is 13.5. The number of hydrogen-bond donors (Lipinski definition) is 1. The molecule has 3 rings (SSSR count). The van der Waals surface area contributed by atoms with E-state index in [0.717, 1.165) is 25.0 Å². The highest BCUT2D eigenvalue weighted by Gasteiger charge is 2.52. The Bertz CT molecular complexity index is 435. The van der Waals surface area contributed by atoms with Crippen LogP contribution in [0.4, 0.5) is 0 Å². The number of nitrogens with zero attached hydrogens (tertiary/aromatic N) is 1. The predicted molar refractivity (Wildman–Crippen MR) is 83.2 cm³/mol. The Labute approximate surface area is 126 Å². The SMILES string of the molecule is COCCNCC1(CCc2scnc2C)CC2CC2C1. The van der Waals surface area contributed by atoms with Crippen molar-refractivity contribution in [3.63, 3.8) is 0 Å². The minimum atomic E-state index is 0.539. The molecule has 0 amide bonds. The number of ether oxygens (including phenoxy) is 1. The molecule has 0 spiro atoms. The van der Waals surface area contributed by atoms with Gasteiger partial charge in [-0.1, -0.05) is 0 Å². The van der Waals surface area contributed by atoms with Crippen LogP contribution in [0.1, 0.15) is 36.3 Å². The van der Waals surface area contributed by atoms with Crippen LogP contribution in [-0.2, 0) is 11.2 Å². The van der Waals surface area contributed by atoms with Gasteiger partial charge < -0.3 is 10.1 Å². The molecule has 0 radical (unpaired) electrons. The molecule has 1 N–H and O–H groups in total. The first-order valence-corrected chi connectivity index (χ1v) is 8.69. The van der Waals surface area contributed by atoms with Crippen molar-refractivity contribution in [3.8, 4) is 0 Å². The fraction of sp³-hybridized carbons (Fsp3) is 0.812. The van der Waals surface area contributed by atoms with E-state index in [1.54, 1.807) is 7.11 Å². The zero-order chi connectivity index (χ0) is 14.0. The van der Waals surface area contributed by atoms with Crippen LogP contribution in [0.5, 0.6) is 0 Å². The van der Waals surface area contributed by atoms with Gasteiger partial charge in [0, 0.05) is 25.1 Å². The Morgan fingerprint density at radius 3 is 2.90 bits per heavy atom. The van der Waals surface area contributed by atoms with Crippen molar-refractivity contribution in [1.29, 1.82) is 0 Å². The van der Waals surface area contributed by atoms with Gasteiger partial charge in [0.15, 0.2) is 0 Å². The highest BCUT2D eigenvalue weighted by atomic mass is 32.1. The lowest BCUT2D eigenvalue weighted by molar-refractivity contribution is 0.182. The molecular formula is C16H26N2OS. The van der Waals surface area contributed by atoms with Gasteiger partial charge in [0.25, 0.3) is 0 Å². The van der Waals surface area contributed by atoms with E-state index in [1.807, 2.05) is 16.8 Å². The molecule has 0 aliphatic heterocycles. The maximum absolute atomic E-state index is 5.13. The van der Waals surface area contributed by atoms with Gasteiger partial charge in [-0.15, -0.1) is 11.3 Å². The number of aryl methyl sites for hydroxylation is 2. The number of rotatable bonds is 8. The molecule has 112 valence electrons.